The summed E-state index contributed by atoms with van der Waals surface area (Å²) in [7, 11) is 0. The zero-order valence-corrected chi connectivity index (χ0v) is 5.87. The molecule has 0 aliphatic heterocycles. The van der Waals surface area contributed by atoms with Gasteiger partial charge in [-0.2, -0.15) is 0 Å². The maximum absolute atomic E-state index is 9.68. The van der Waals surface area contributed by atoms with Gasteiger partial charge in [0.1, 0.15) is 0 Å². The van der Waals surface area contributed by atoms with Crippen LogP contribution in [0, 0.1) is 0 Å². The van der Waals surface area contributed by atoms with E-state index in [1.54, 1.807) is 0 Å². The van der Waals surface area contributed by atoms with E-state index in [1.807, 2.05) is 0 Å². The zero-order valence-electron chi connectivity index (χ0n) is 5.06. The quantitative estimate of drug-likeness (QED) is 0.499. The normalized spacial score (nSPS) is 12.6. The Morgan fingerprint density at radius 1 is 1.70 bits per heavy atom. The Hall–Kier alpha value is -0.460. The molecule has 0 aromatic heterocycles. The Balaban J connectivity index is 3.11. The van der Waals surface area contributed by atoms with Crippen molar-refractivity contribution in [2.45, 2.75) is 6.10 Å². The van der Waals surface area contributed by atoms with Crippen LogP contribution in [-0.4, -0.2) is 39.9 Å². The summed E-state index contributed by atoms with van der Waals surface area (Å²) in [5.74, 6) is 0.0444. The lowest BCUT2D eigenvalue weighted by Crippen LogP contribution is -2.15. The molecule has 60 valence electrons. The second kappa shape index (κ2) is 5.33. The standard InChI is InChI=1S/C4H8O5S/c5-1-3(6)2-10-9-4(7)8/h3,5-6H,1-2H2,(H,7,8). The van der Waals surface area contributed by atoms with Crippen LogP contribution in [0.25, 0.3) is 0 Å². The van der Waals surface area contributed by atoms with E-state index in [9.17, 15) is 4.79 Å². The van der Waals surface area contributed by atoms with E-state index in [-0.39, 0.29) is 5.75 Å². The van der Waals surface area contributed by atoms with Crippen molar-refractivity contribution in [3.63, 3.8) is 0 Å². The van der Waals surface area contributed by atoms with Crippen LogP contribution in [0.3, 0.4) is 0 Å². The predicted molar refractivity (Wildman–Crippen MR) is 34.7 cm³/mol. The van der Waals surface area contributed by atoms with Gasteiger partial charge in [-0.05, 0) is 0 Å². The first kappa shape index (κ1) is 9.54. The molecule has 0 aliphatic carbocycles. The molecular weight excluding hydrogens is 160 g/mol. The van der Waals surface area contributed by atoms with Crippen LogP contribution >= 0.6 is 12.0 Å². The van der Waals surface area contributed by atoms with Crippen LogP contribution in [0.15, 0.2) is 0 Å². The van der Waals surface area contributed by atoms with E-state index in [1.165, 1.54) is 0 Å². The van der Waals surface area contributed by atoms with Crippen molar-refractivity contribution < 1.29 is 24.3 Å². The Morgan fingerprint density at radius 2 is 2.30 bits per heavy atom. The predicted octanol–water partition coefficient (Wildman–Crippen LogP) is -0.318. The third-order valence-corrected chi connectivity index (χ3v) is 1.38. The second-order valence-corrected chi connectivity index (χ2v) is 2.21. The molecule has 0 fully saturated rings. The van der Waals surface area contributed by atoms with Crippen LogP contribution in [0.5, 0.6) is 0 Å². The molecule has 0 rings (SSSR count). The average Bonchev–Trinajstić information content (AvgIpc) is 1.87. The molecule has 6 heteroatoms. The SMILES string of the molecule is O=C(O)OSCC(O)CO. The van der Waals surface area contributed by atoms with E-state index in [0.29, 0.717) is 12.0 Å². The monoisotopic (exact) mass is 168 g/mol. The number of aliphatic hydroxyl groups is 2. The number of hydrogen-bond donors (Lipinski definition) is 3. The second-order valence-electron chi connectivity index (χ2n) is 1.47. The molecule has 5 nitrogen and oxygen atoms in total. The van der Waals surface area contributed by atoms with Gasteiger partial charge in [-0.25, -0.2) is 4.79 Å². The third-order valence-electron chi connectivity index (χ3n) is 0.601. The molecule has 1 unspecified atom stereocenters. The summed E-state index contributed by atoms with van der Waals surface area (Å²) < 4.78 is 3.98. The summed E-state index contributed by atoms with van der Waals surface area (Å²) >= 11 is 0.584. The Kier molecular flexibility index (Phi) is 5.09. The molecule has 0 saturated heterocycles. The first-order valence-corrected chi connectivity index (χ1v) is 3.39. The molecule has 0 aromatic carbocycles. The lowest BCUT2D eigenvalue weighted by Gasteiger charge is -2.02. The van der Waals surface area contributed by atoms with E-state index < -0.39 is 18.9 Å². The van der Waals surface area contributed by atoms with Gasteiger partial charge in [0.2, 0.25) is 0 Å². The molecular formula is C4H8O5S. The first-order chi connectivity index (χ1) is 4.66. The highest BCUT2D eigenvalue weighted by molar-refractivity contribution is 7.95. The molecule has 0 bridgehead atoms. The third kappa shape index (κ3) is 5.67. The van der Waals surface area contributed by atoms with Gasteiger partial charge in [0, 0.05) is 0 Å². The Bertz CT molecular complexity index is 106. The van der Waals surface area contributed by atoms with Crippen LogP contribution < -0.4 is 0 Å². The van der Waals surface area contributed by atoms with E-state index >= 15 is 0 Å². The average molecular weight is 168 g/mol. The van der Waals surface area contributed by atoms with Crippen LogP contribution in [0.2, 0.25) is 0 Å². The van der Waals surface area contributed by atoms with Crippen molar-refractivity contribution in [1.82, 2.24) is 0 Å². The summed E-state index contributed by atoms with van der Waals surface area (Å²) in [4.78, 5) is 9.68. The lowest BCUT2D eigenvalue weighted by molar-refractivity contribution is 0.112. The highest BCUT2D eigenvalue weighted by atomic mass is 32.2. The molecule has 0 heterocycles. The van der Waals surface area contributed by atoms with Crippen LogP contribution in [0.1, 0.15) is 0 Å². The molecule has 0 radical (unpaired) electrons. The van der Waals surface area contributed by atoms with Gasteiger partial charge >= 0.3 is 6.16 Å². The molecule has 0 aromatic rings. The first-order valence-electron chi connectivity index (χ1n) is 2.48. The van der Waals surface area contributed by atoms with Crippen molar-refractivity contribution in [1.29, 1.82) is 0 Å². The molecule has 10 heavy (non-hydrogen) atoms. The van der Waals surface area contributed by atoms with Crippen molar-refractivity contribution in [2.75, 3.05) is 12.4 Å². The molecule has 0 amide bonds. The summed E-state index contributed by atoms with van der Waals surface area (Å²) in [6.45, 7) is -0.393. The summed E-state index contributed by atoms with van der Waals surface area (Å²) in [5.41, 5.74) is 0. The van der Waals surface area contributed by atoms with Crippen molar-refractivity contribution in [2.24, 2.45) is 0 Å². The van der Waals surface area contributed by atoms with Gasteiger partial charge in [-0.3, -0.25) is 0 Å². The van der Waals surface area contributed by atoms with Gasteiger partial charge in [0.25, 0.3) is 0 Å². The molecule has 3 N–H and O–H groups in total. The van der Waals surface area contributed by atoms with Crippen LogP contribution in [0.4, 0.5) is 4.79 Å². The highest BCUT2D eigenvalue weighted by Gasteiger charge is 2.04. The minimum atomic E-state index is -1.41. The smallest absolute Gasteiger partial charge is 0.449 e. The minimum absolute atomic E-state index is 0.0444. The summed E-state index contributed by atoms with van der Waals surface area (Å²) in [5, 5.41) is 24.8. The van der Waals surface area contributed by atoms with Gasteiger partial charge < -0.3 is 19.5 Å². The van der Waals surface area contributed by atoms with Crippen LogP contribution in [-0.2, 0) is 4.18 Å². The lowest BCUT2D eigenvalue weighted by atomic mass is 10.4. The summed E-state index contributed by atoms with van der Waals surface area (Å²) in [6.07, 6.45) is -2.33. The highest BCUT2D eigenvalue weighted by Crippen LogP contribution is 2.04. The van der Waals surface area contributed by atoms with E-state index in [4.69, 9.17) is 15.3 Å². The Morgan fingerprint density at radius 3 is 2.70 bits per heavy atom. The molecule has 0 aliphatic rings. The van der Waals surface area contributed by atoms with Crippen molar-refractivity contribution >= 4 is 18.2 Å². The fourth-order valence-electron chi connectivity index (χ4n) is 0.216. The van der Waals surface area contributed by atoms with E-state index in [2.05, 4.69) is 4.18 Å². The number of carboxylic acid groups (broad SMARTS) is 1. The zero-order chi connectivity index (χ0) is 7.98. The number of carbonyl (C=O) groups is 1. The summed E-state index contributed by atoms with van der Waals surface area (Å²) in [6, 6.07) is 0. The molecule has 0 saturated carbocycles. The fourth-order valence-corrected chi connectivity index (χ4v) is 0.647. The largest absolute Gasteiger partial charge is 0.518 e. The fraction of sp³-hybridized carbons (Fsp3) is 0.750. The number of aliphatic hydroxyl groups excluding tert-OH is 2. The van der Waals surface area contributed by atoms with Gasteiger partial charge in [0.05, 0.1) is 30.5 Å². The van der Waals surface area contributed by atoms with Crippen molar-refractivity contribution in [3.8, 4) is 0 Å². The number of rotatable bonds is 4. The molecule has 1 atom stereocenters. The Labute approximate surface area is 61.8 Å². The van der Waals surface area contributed by atoms with Gasteiger partial charge in [-0.1, -0.05) is 0 Å². The van der Waals surface area contributed by atoms with Crippen molar-refractivity contribution in [3.05, 3.63) is 0 Å². The maximum atomic E-state index is 9.68. The van der Waals surface area contributed by atoms with Gasteiger partial charge in [0.15, 0.2) is 0 Å². The number of hydrogen-bond acceptors (Lipinski definition) is 5. The van der Waals surface area contributed by atoms with E-state index in [0.717, 1.165) is 0 Å². The maximum Gasteiger partial charge on any atom is 0.518 e. The topological polar surface area (TPSA) is 87.0 Å². The van der Waals surface area contributed by atoms with Gasteiger partial charge in [-0.15, -0.1) is 0 Å². The minimum Gasteiger partial charge on any atom is -0.449 e. The molecule has 0 spiro atoms.